The van der Waals surface area contributed by atoms with E-state index in [1.807, 2.05) is 20.9 Å². The molecule has 0 atom stereocenters. The highest BCUT2D eigenvalue weighted by Crippen LogP contribution is 2.31. The highest BCUT2D eigenvalue weighted by atomic mass is 16.5. The molecule has 0 spiro atoms. The zero-order valence-corrected chi connectivity index (χ0v) is 13.9. The number of rotatable bonds is 7. The summed E-state index contributed by atoms with van der Waals surface area (Å²) in [4.78, 5) is 25.9. The van der Waals surface area contributed by atoms with Gasteiger partial charge in [-0.15, -0.1) is 0 Å². The first-order valence-corrected chi connectivity index (χ1v) is 8.08. The predicted octanol–water partition coefficient (Wildman–Crippen LogP) is 2.10. The van der Waals surface area contributed by atoms with Crippen molar-refractivity contribution in [2.45, 2.75) is 70.9 Å². The van der Waals surface area contributed by atoms with Crippen molar-refractivity contribution in [1.29, 1.82) is 0 Å². The number of hydrogen-bond acceptors (Lipinski definition) is 4. The summed E-state index contributed by atoms with van der Waals surface area (Å²) in [7, 11) is 1.93. The summed E-state index contributed by atoms with van der Waals surface area (Å²) in [5.41, 5.74) is -0.100. The minimum atomic E-state index is -0.332. The van der Waals surface area contributed by atoms with Crippen LogP contribution >= 0.6 is 0 Å². The molecule has 122 valence electrons. The topological polar surface area (TPSA) is 58.6 Å². The molecule has 0 unspecified atom stereocenters. The van der Waals surface area contributed by atoms with Crippen molar-refractivity contribution >= 4 is 11.9 Å². The Labute approximate surface area is 128 Å². The molecule has 0 saturated heterocycles. The van der Waals surface area contributed by atoms with Crippen LogP contribution in [0.1, 0.15) is 59.3 Å². The fraction of sp³-hybridized carbons (Fsp3) is 0.875. The maximum absolute atomic E-state index is 12.6. The van der Waals surface area contributed by atoms with E-state index in [-0.39, 0.29) is 30.0 Å². The molecule has 1 fully saturated rings. The lowest BCUT2D eigenvalue weighted by Gasteiger charge is -2.38. The van der Waals surface area contributed by atoms with Crippen LogP contribution in [-0.2, 0) is 14.3 Å². The van der Waals surface area contributed by atoms with Crippen LogP contribution in [0, 0.1) is 0 Å². The first-order valence-electron chi connectivity index (χ1n) is 8.08. The maximum Gasteiger partial charge on any atom is 0.325 e. The SMILES string of the molecule is CCOC(=O)CN(C(=O)CC1(NC)CCCCC1)C(C)C. The number of carbonyl (C=O) groups is 2. The molecule has 0 bridgehead atoms. The lowest BCUT2D eigenvalue weighted by atomic mass is 9.79. The van der Waals surface area contributed by atoms with Crippen molar-refractivity contribution in [1.82, 2.24) is 10.2 Å². The van der Waals surface area contributed by atoms with Crippen LogP contribution in [0.25, 0.3) is 0 Å². The zero-order valence-electron chi connectivity index (χ0n) is 13.9. The predicted molar refractivity (Wildman–Crippen MR) is 83.0 cm³/mol. The third kappa shape index (κ3) is 5.30. The second kappa shape index (κ2) is 8.37. The van der Waals surface area contributed by atoms with Crippen LogP contribution in [0.15, 0.2) is 0 Å². The number of esters is 1. The normalized spacial score (nSPS) is 17.6. The summed E-state index contributed by atoms with van der Waals surface area (Å²) < 4.78 is 4.97. The van der Waals surface area contributed by atoms with Crippen molar-refractivity contribution in [3.63, 3.8) is 0 Å². The Balaban J connectivity index is 2.69. The Morgan fingerprint density at radius 1 is 1.24 bits per heavy atom. The molecular formula is C16H30N2O3. The van der Waals surface area contributed by atoms with Gasteiger partial charge < -0.3 is 15.0 Å². The van der Waals surface area contributed by atoms with Gasteiger partial charge in [-0.05, 0) is 40.7 Å². The highest BCUT2D eigenvalue weighted by Gasteiger charge is 2.35. The van der Waals surface area contributed by atoms with E-state index in [0.29, 0.717) is 13.0 Å². The summed E-state index contributed by atoms with van der Waals surface area (Å²) in [6.45, 7) is 6.04. The Morgan fingerprint density at radius 2 is 1.86 bits per heavy atom. The van der Waals surface area contributed by atoms with E-state index in [1.54, 1.807) is 11.8 Å². The van der Waals surface area contributed by atoms with Crippen molar-refractivity contribution in [2.75, 3.05) is 20.2 Å². The van der Waals surface area contributed by atoms with Crippen LogP contribution in [0.5, 0.6) is 0 Å². The molecule has 1 amide bonds. The molecule has 1 saturated carbocycles. The van der Waals surface area contributed by atoms with Crippen LogP contribution in [0.3, 0.4) is 0 Å². The van der Waals surface area contributed by atoms with Crippen molar-refractivity contribution in [2.24, 2.45) is 0 Å². The van der Waals surface area contributed by atoms with Gasteiger partial charge in [0.1, 0.15) is 6.54 Å². The van der Waals surface area contributed by atoms with Gasteiger partial charge in [0.25, 0.3) is 0 Å². The van der Waals surface area contributed by atoms with E-state index in [0.717, 1.165) is 25.7 Å². The molecule has 0 heterocycles. The number of nitrogens with one attached hydrogen (secondary N) is 1. The molecule has 1 N–H and O–H groups in total. The largest absolute Gasteiger partial charge is 0.465 e. The summed E-state index contributed by atoms with van der Waals surface area (Å²) in [5, 5.41) is 3.36. The first-order chi connectivity index (χ1) is 9.94. The summed E-state index contributed by atoms with van der Waals surface area (Å²) in [6.07, 6.45) is 6.08. The second-order valence-corrected chi connectivity index (χ2v) is 6.19. The number of hydrogen-bond donors (Lipinski definition) is 1. The number of amides is 1. The Kier molecular flexibility index (Phi) is 7.15. The third-order valence-electron chi connectivity index (χ3n) is 4.38. The van der Waals surface area contributed by atoms with Crippen LogP contribution < -0.4 is 5.32 Å². The molecule has 0 aromatic heterocycles. The van der Waals surface area contributed by atoms with Crippen LogP contribution in [0.2, 0.25) is 0 Å². The standard InChI is InChI=1S/C16H30N2O3/c1-5-21-15(20)12-18(13(2)3)14(19)11-16(17-4)9-7-6-8-10-16/h13,17H,5-12H2,1-4H3. The number of ether oxygens (including phenoxy) is 1. The van der Waals surface area contributed by atoms with Gasteiger partial charge in [0.15, 0.2) is 0 Å². The van der Waals surface area contributed by atoms with E-state index in [9.17, 15) is 9.59 Å². The second-order valence-electron chi connectivity index (χ2n) is 6.19. The summed E-state index contributed by atoms with van der Waals surface area (Å²) in [5.74, 6) is -0.295. The maximum atomic E-state index is 12.6. The van der Waals surface area contributed by atoms with Gasteiger partial charge in [-0.2, -0.15) is 0 Å². The minimum absolute atomic E-state index is 0.000553. The van der Waals surface area contributed by atoms with Crippen molar-refractivity contribution < 1.29 is 14.3 Å². The van der Waals surface area contributed by atoms with E-state index in [1.165, 1.54) is 6.42 Å². The molecule has 5 heteroatoms. The van der Waals surface area contributed by atoms with Gasteiger partial charge >= 0.3 is 5.97 Å². The molecule has 0 aliphatic heterocycles. The number of carbonyl (C=O) groups excluding carboxylic acids is 2. The summed E-state index contributed by atoms with van der Waals surface area (Å²) >= 11 is 0. The Bertz CT molecular complexity index is 349. The van der Waals surface area contributed by atoms with Crippen LogP contribution in [0.4, 0.5) is 0 Å². The highest BCUT2D eigenvalue weighted by molar-refractivity contribution is 5.83. The molecule has 0 radical (unpaired) electrons. The quantitative estimate of drug-likeness (QED) is 0.731. The monoisotopic (exact) mass is 298 g/mol. The fourth-order valence-electron chi connectivity index (χ4n) is 3.04. The van der Waals surface area contributed by atoms with E-state index >= 15 is 0 Å². The van der Waals surface area contributed by atoms with Gasteiger partial charge in [0.2, 0.25) is 5.91 Å². The third-order valence-corrected chi connectivity index (χ3v) is 4.38. The molecule has 0 aromatic rings. The lowest BCUT2D eigenvalue weighted by Crippen LogP contribution is -2.51. The average molecular weight is 298 g/mol. The molecule has 1 rings (SSSR count). The van der Waals surface area contributed by atoms with Crippen molar-refractivity contribution in [3.8, 4) is 0 Å². The molecule has 1 aliphatic carbocycles. The minimum Gasteiger partial charge on any atom is -0.465 e. The van der Waals surface area contributed by atoms with Crippen LogP contribution in [-0.4, -0.2) is 48.6 Å². The molecular weight excluding hydrogens is 268 g/mol. The van der Waals surface area contributed by atoms with E-state index in [4.69, 9.17) is 4.74 Å². The first kappa shape index (κ1) is 18.0. The summed E-state index contributed by atoms with van der Waals surface area (Å²) in [6, 6.07) is -0.000553. The molecule has 21 heavy (non-hydrogen) atoms. The fourth-order valence-corrected chi connectivity index (χ4v) is 3.04. The smallest absolute Gasteiger partial charge is 0.325 e. The van der Waals surface area contributed by atoms with Gasteiger partial charge in [-0.3, -0.25) is 9.59 Å². The molecule has 1 aliphatic rings. The van der Waals surface area contributed by atoms with Crippen molar-refractivity contribution in [3.05, 3.63) is 0 Å². The van der Waals surface area contributed by atoms with Gasteiger partial charge in [0, 0.05) is 18.0 Å². The molecule has 0 aromatic carbocycles. The van der Waals surface area contributed by atoms with Gasteiger partial charge in [-0.1, -0.05) is 19.3 Å². The van der Waals surface area contributed by atoms with E-state index in [2.05, 4.69) is 5.32 Å². The van der Waals surface area contributed by atoms with Gasteiger partial charge in [0.05, 0.1) is 6.61 Å². The average Bonchev–Trinajstić information content (AvgIpc) is 2.45. The Morgan fingerprint density at radius 3 is 2.33 bits per heavy atom. The Hall–Kier alpha value is -1.10. The lowest BCUT2D eigenvalue weighted by molar-refractivity contribution is -0.150. The van der Waals surface area contributed by atoms with Gasteiger partial charge in [-0.25, -0.2) is 0 Å². The molecule has 5 nitrogen and oxygen atoms in total. The zero-order chi connectivity index (χ0) is 15.9. The van der Waals surface area contributed by atoms with E-state index < -0.39 is 0 Å². The number of nitrogens with zero attached hydrogens (tertiary/aromatic N) is 1.